The standard InChI is InChI=1S/C12H15FN2OS/c13-11-8(2-1-3-10(11)12(14)17)6-15-5-4-9(16)7-15/h1-3,9,16H,4-7H2,(H2,14,17). The van der Waals surface area contributed by atoms with Crippen molar-refractivity contribution in [2.75, 3.05) is 13.1 Å². The molecule has 0 spiro atoms. The van der Waals surface area contributed by atoms with Gasteiger partial charge in [-0.25, -0.2) is 4.39 Å². The van der Waals surface area contributed by atoms with Crippen molar-refractivity contribution >= 4 is 17.2 Å². The van der Waals surface area contributed by atoms with E-state index in [2.05, 4.69) is 0 Å². The third-order valence-electron chi connectivity index (χ3n) is 2.99. The first-order valence-corrected chi connectivity index (χ1v) is 5.96. The van der Waals surface area contributed by atoms with Crippen LogP contribution in [0.4, 0.5) is 4.39 Å². The molecular weight excluding hydrogens is 239 g/mol. The highest BCUT2D eigenvalue weighted by atomic mass is 32.1. The van der Waals surface area contributed by atoms with E-state index < -0.39 is 0 Å². The lowest BCUT2D eigenvalue weighted by Crippen LogP contribution is -2.23. The Kier molecular flexibility index (Phi) is 3.71. The van der Waals surface area contributed by atoms with Crippen molar-refractivity contribution in [1.29, 1.82) is 0 Å². The number of benzene rings is 1. The normalized spacial score (nSPS) is 20.7. The van der Waals surface area contributed by atoms with Crippen LogP contribution in [0.25, 0.3) is 0 Å². The summed E-state index contributed by atoms with van der Waals surface area (Å²) in [6, 6.07) is 5.06. The summed E-state index contributed by atoms with van der Waals surface area (Å²) in [6.07, 6.45) is 0.452. The van der Waals surface area contributed by atoms with Gasteiger partial charge >= 0.3 is 0 Å². The van der Waals surface area contributed by atoms with Gasteiger partial charge in [-0.05, 0) is 12.5 Å². The van der Waals surface area contributed by atoms with Crippen LogP contribution in [0, 0.1) is 5.82 Å². The van der Waals surface area contributed by atoms with Crippen molar-refractivity contribution in [3.8, 4) is 0 Å². The molecular formula is C12H15FN2OS. The molecule has 1 unspecified atom stereocenters. The molecule has 0 saturated carbocycles. The number of hydrogen-bond acceptors (Lipinski definition) is 3. The first kappa shape index (κ1) is 12.4. The Morgan fingerprint density at radius 1 is 1.59 bits per heavy atom. The zero-order valence-corrected chi connectivity index (χ0v) is 10.2. The van der Waals surface area contributed by atoms with Crippen LogP contribution < -0.4 is 5.73 Å². The molecule has 1 aromatic rings. The van der Waals surface area contributed by atoms with Crippen LogP contribution >= 0.6 is 12.2 Å². The third-order valence-corrected chi connectivity index (χ3v) is 3.21. The van der Waals surface area contributed by atoms with E-state index in [1.54, 1.807) is 18.2 Å². The van der Waals surface area contributed by atoms with Crippen LogP contribution in [-0.4, -0.2) is 34.2 Å². The highest BCUT2D eigenvalue weighted by molar-refractivity contribution is 7.80. The number of β-amino-alcohol motifs (C(OH)–C–C–N with tert-alkyl or cyclic N) is 1. The van der Waals surface area contributed by atoms with Crippen LogP contribution in [-0.2, 0) is 6.54 Å². The van der Waals surface area contributed by atoms with Crippen LogP contribution in [0.15, 0.2) is 18.2 Å². The van der Waals surface area contributed by atoms with Crippen LogP contribution in [0.5, 0.6) is 0 Å². The highest BCUT2D eigenvalue weighted by Crippen LogP contribution is 2.18. The Morgan fingerprint density at radius 2 is 2.35 bits per heavy atom. The number of likely N-dealkylation sites (tertiary alicyclic amines) is 1. The summed E-state index contributed by atoms with van der Waals surface area (Å²) in [7, 11) is 0. The molecule has 0 amide bonds. The second-order valence-electron chi connectivity index (χ2n) is 4.32. The predicted octanol–water partition coefficient (Wildman–Crippen LogP) is 1.03. The number of rotatable bonds is 3. The van der Waals surface area contributed by atoms with Crippen LogP contribution in [0.3, 0.4) is 0 Å². The maximum absolute atomic E-state index is 14.0. The lowest BCUT2D eigenvalue weighted by atomic mass is 10.1. The monoisotopic (exact) mass is 254 g/mol. The van der Waals surface area contributed by atoms with Crippen molar-refractivity contribution in [3.05, 3.63) is 35.1 Å². The first-order valence-electron chi connectivity index (χ1n) is 5.55. The molecule has 2 rings (SSSR count). The van der Waals surface area contributed by atoms with Gasteiger partial charge in [0, 0.05) is 30.8 Å². The summed E-state index contributed by atoms with van der Waals surface area (Å²) in [5.74, 6) is -0.346. The van der Waals surface area contributed by atoms with Crippen LogP contribution in [0.2, 0.25) is 0 Å². The van der Waals surface area contributed by atoms with E-state index in [9.17, 15) is 9.50 Å². The van der Waals surface area contributed by atoms with Gasteiger partial charge in [-0.2, -0.15) is 0 Å². The SMILES string of the molecule is NC(=S)c1cccc(CN2CCC(O)C2)c1F. The molecule has 0 radical (unpaired) electrons. The lowest BCUT2D eigenvalue weighted by Gasteiger charge is -2.16. The Balaban J connectivity index is 2.16. The molecule has 0 aliphatic carbocycles. The zero-order valence-electron chi connectivity index (χ0n) is 9.40. The summed E-state index contributed by atoms with van der Waals surface area (Å²) in [5.41, 5.74) is 6.31. The lowest BCUT2D eigenvalue weighted by molar-refractivity contribution is 0.174. The van der Waals surface area contributed by atoms with Crippen molar-refractivity contribution < 1.29 is 9.50 Å². The number of aliphatic hydroxyl groups excluding tert-OH is 1. The fraction of sp³-hybridized carbons (Fsp3) is 0.417. The average Bonchev–Trinajstić information content (AvgIpc) is 2.67. The van der Waals surface area contributed by atoms with Crippen LogP contribution in [0.1, 0.15) is 17.5 Å². The summed E-state index contributed by atoms with van der Waals surface area (Å²) < 4.78 is 14.0. The van der Waals surface area contributed by atoms with Gasteiger partial charge in [0.2, 0.25) is 0 Å². The van der Waals surface area contributed by atoms with E-state index in [0.717, 1.165) is 13.0 Å². The minimum Gasteiger partial charge on any atom is -0.392 e. The smallest absolute Gasteiger partial charge is 0.137 e. The van der Waals surface area contributed by atoms with Crippen molar-refractivity contribution in [2.24, 2.45) is 5.73 Å². The van der Waals surface area contributed by atoms with E-state index >= 15 is 0 Å². The molecule has 1 fully saturated rings. The van der Waals surface area contributed by atoms with Gasteiger partial charge < -0.3 is 10.8 Å². The number of aliphatic hydroxyl groups is 1. The maximum Gasteiger partial charge on any atom is 0.137 e. The molecule has 1 saturated heterocycles. The maximum atomic E-state index is 14.0. The van der Waals surface area contributed by atoms with E-state index in [1.165, 1.54) is 0 Å². The van der Waals surface area contributed by atoms with Gasteiger partial charge in [0.05, 0.1) is 6.10 Å². The first-order chi connectivity index (χ1) is 8.08. The van der Waals surface area contributed by atoms with Gasteiger partial charge in [-0.3, -0.25) is 4.90 Å². The average molecular weight is 254 g/mol. The molecule has 0 aromatic heterocycles. The fourth-order valence-corrected chi connectivity index (χ4v) is 2.25. The molecule has 1 aliphatic rings. The minimum atomic E-state index is -0.346. The van der Waals surface area contributed by atoms with Crippen molar-refractivity contribution in [1.82, 2.24) is 4.90 Å². The van der Waals surface area contributed by atoms with E-state index in [1.807, 2.05) is 4.90 Å². The third kappa shape index (κ3) is 2.80. The molecule has 1 aromatic carbocycles. The number of nitrogens with two attached hydrogens (primary N) is 1. The molecule has 1 aliphatic heterocycles. The largest absolute Gasteiger partial charge is 0.392 e. The Hall–Kier alpha value is -1.04. The topological polar surface area (TPSA) is 49.5 Å². The predicted molar refractivity (Wildman–Crippen MR) is 68.2 cm³/mol. The van der Waals surface area contributed by atoms with Crippen molar-refractivity contribution in [2.45, 2.75) is 19.1 Å². The quantitative estimate of drug-likeness (QED) is 0.791. The minimum absolute atomic E-state index is 0.0748. The second kappa shape index (κ2) is 5.08. The Labute approximate surface area is 105 Å². The van der Waals surface area contributed by atoms with E-state index in [4.69, 9.17) is 18.0 Å². The molecule has 0 bridgehead atoms. The van der Waals surface area contributed by atoms with Gasteiger partial charge in [-0.1, -0.05) is 24.4 Å². The highest BCUT2D eigenvalue weighted by Gasteiger charge is 2.21. The van der Waals surface area contributed by atoms with E-state index in [0.29, 0.717) is 18.7 Å². The van der Waals surface area contributed by atoms with Gasteiger partial charge in [0.15, 0.2) is 0 Å². The Morgan fingerprint density at radius 3 is 2.94 bits per heavy atom. The molecule has 3 N–H and O–H groups in total. The molecule has 5 heteroatoms. The summed E-state index contributed by atoms with van der Waals surface area (Å²) in [6.45, 7) is 1.87. The van der Waals surface area contributed by atoms with E-state index in [-0.39, 0.29) is 22.5 Å². The number of hydrogen-bond donors (Lipinski definition) is 2. The van der Waals surface area contributed by atoms with Crippen molar-refractivity contribution in [3.63, 3.8) is 0 Å². The number of halogens is 1. The molecule has 3 nitrogen and oxygen atoms in total. The van der Waals surface area contributed by atoms with Gasteiger partial charge in [0.1, 0.15) is 10.8 Å². The summed E-state index contributed by atoms with van der Waals surface area (Å²) >= 11 is 4.79. The van der Waals surface area contributed by atoms with Gasteiger partial charge in [-0.15, -0.1) is 0 Å². The zero-order chi connectivity index (χ0) is 12.4. The Bertz CT molecular complexity index is 439. The summed E-state index contributed by atoms with van der Waals surface area (Å²) in [4.78, 5) is 2.10. The van der Waals surface area contributed by atoms with Gasteiger partial charge in [0.25, 0.3) is 0 Å². The molecule has 1 heterocycles. The second-order valence-corrected chi connectivity index (χ2v) is 4.76. The molecule has 17 heavy (non-hydrogen) atoms. The fourth-order valence-electron chi connectivity index (χ4n) is 2.09. The number of thiocarbonyl (C=S) groups is 1. The molecule has 92 valence electrons. The molecule has 1 atom stereocenters. The summed E-state index contributed by atoms with van der Waals surface area (Å²) in [5, 5.41) is 9.41. The number of nitrogens with zero attached hydrogens (tertiary/aromatic N) is 1.